The van der Waals surface area contributed by atoms with Crippen molar-refractivity contribution in [3.63, 3.8) is 0 Å². The molecule has 8 nitrogen and oxygen atoms in total. The Labute approximate surface area is 213 Å². The maximum atomic E-state index is 13.3. The molecular weight excluding hydrogens is 455 g/mol. The monoisotopic (exact) mass is 479 g/mol. The maximum Gasteiger partial charge on any atom is 0.254 e. The first kappa shape index (κ1) is 24.7. The lowest BCUT2D eigenvalue weighted by Crippen LogP contribution is -2.59. The lowest BCUT2D eigenvalue weighted by atomic mass is 9.57. The SMILES string of the molecule is [B]c1ccc2c(c1OCc1ccc(CN3CCOCC3)cc1)C([B])([B])N(C1CCC(=O)NC1=O)C2=O. The van der Waals surface area contributed by atoms with Gasteiger partial charge in [0.25, 0.3) is 5.91 Å². The van der Waals surface area contributed by atoms with Crippen molar-refractivity contribution in [2.24, 2.45) is 0 Å². The molecule has 6 radical (unpaired) electrons. The molecule has 36 heavy (non-hydrogen) atoms. The molecule has 0 aromatic heterocycles. The Balaban J connectivity index is 1.34. The Morgan fingerprint density at radius 3 is 2.42 bits per heavy atom. The molecule has 0 aliphatic carbocycles. The first-order chi connectivity index (χ1) is 17.3. The van der Waals surface area contributed by atoms with Crippen LogP contribution in [0.15, 0.2) is 36.4 Å². The Bertz CT molecular complexity index is 1200. The van der Waals surface area contributed by atoms with Crippen LogP contribution < -0.4 is 15.5 Å². The fraction of sp³-hybridized carbons (Fsp3) is 0.400. The molecule has 2 aromatic rings. The minimum Gasteiger partial charge on any atom is -0.489 e. The summed E-state index contributed by atoms with van der Waals surface area (Å²) in [4.78, 5) is 40.8. The van der Waals surface area contributed by atoms with Crippen LogP contribution in [-0.2, 0) is 32.8 Å². The Morgan fingerprint density at radius 2 is 1.72 bits per heavy atom. The number of benzene rings is 2. The van der Waals surface area contributed by atoms with Crippen LogP contribution in [0.25, 0.3) is 0 Å². The van der Waals surface area contributed by atoms with Crippen LogP contribution >= 0.6 is 0 Å². The van der Waals surface area contributed by atoms with E-state index in [0.717, 1.165) is 43.3 Å². The standard InChI is InChI=1S/C25H24B3N3O5/c26-18-6-5-17-21(25(27,28)31(24(17)34)19-7-8-20(32)29-23(19)33)22(18)36-14-16-3-1-15(2-4-16)13-30-9-11-35-12-10-30/h1-6,19H,7-14H2,(H,29,32,33). The van der Waals surface area contributed by atoms with E-state index in [9.17, 15) is 14.4 Å². The highest BCUT2D eigenvalue weighted by Gasteiger charge is 2.50. The second-order valence-electron chi connectivity index (χ2n) is 9.37. The Kier molecular flexibility index (Phi) is 6.70. The van der Waals surface area contributed by atoms with Gasteiger partial charge in [0.2, 0.25) is 11.8 Å². The second kappa shape index (κ2) is 9.79. The molecule has 3 aliphatic rings. The predicted molar refractivity (Wildman–Crippen MR) is 134 cm³/mol. The molecule has 178 valence electrons. The van der Waals surface area contributed by atoms with Gasteiger partial charge in [-0.05, 0) is 29.0 Å². The van der Waals surface area contributed by atoms with Gasteiger partial charge in [-0.2, -0.15) is 0 Å². The average molecular weight is 479 g/mol. The smallest absolute Gasteiger partial charge is 0.254 e. The predicted octanol–water partition coefficient (Wildman–Crippen LogP) is -0.400. The zero-order valence-electron chi connectivity index (χ0n) is 19.9. The number of carbonyl (C=O) groups is 3. The van der Waals surface area contributed by atoms with Crippen LogP contribution in [0, 0.1) is 0 Å². The summed E-state index contributed by atoms with van der Waals surface area (Å²) in [5.41, 5.74) is 2.81. The van der Waals surface area contributed by atoms with Gasteiger partial charge in [-0.25, -0.2) is 0 Å². The summed E-state index contributed by atoms with van der Waals surface area (Å²) in [7, 11) is 19.2. The number of piperidine rings is 1. The van der Waals surface area contributed by atoms with Crippen LogP contribution in [0.5, 0.6) is 5.75 Å². The molecule has 3 amide bonds. The van der Waals surface area contributed by atoms with Crippen molar-refractivity contribution in [3.8, 4) is 5.75 Å². The molecule has 5 rings (SSSR count). The van der Waals surface area contributed by atoms with Crippen LogP contribution in [0.2, 0.25) is 0 Å². The molecule has 1 unspecified atom stereocenters. The number of hydrogen-bond acceptors (Lipinski definition) is 6. The average Bonchev–Trinajstić information content (AvgIpc) is 3.05. The van der Waals surface area contributed by atoms with E-state index in [0.29, 0.717) is 0 Å². The van der Waals surface area contributed by atoms with Gasteiger partial charge in [-0.1, -0.05) is 35.8 Å². The highest BCUT2D eigenvalue weighted by Crippen LogP contribution is 2.42. The van der Waals surface area contributed by atoms with Crippen molar-refractivity contribution >= 4 is 46.7 Å². The van der Waals surface area contributed by atoms with Gasteiger partial charge in [0.15, 0.2) is 0 Å². The molecule has 3 aliphatic heterocycles. The van der Waals surface area contributed by atoms with Gasteiger partial charge >= 0.3 is 0 Å². The van der Waals surface area contributed by atoms with Crippen LogP contribution in [0.4, 0.5) is 0 Å². The van der Waals surface area contributed by atoms with Crippen molar-refractivity contribution in [2.45, 2.75) is 37.4 Å². The summed E-state index contributed by atoms with van der Waals surface area (Å²) >= 11 is 0. The number of fused-ring (bicyclic) bond motifs is 1. The van der Waals surface area contributed by atoms with Gasteiger partial charge in [0, 0.05) is 37.2 Å². The lowest BCUT2D eigenvalue weighted by molar-refractivity contribution is -0.137. The highest BCUT2D eigenvalue weighted by atomic mass is 16.5. The third kappa shape index (κ3) is 4.57. The number of imide groups is 1. The maximum absolute atomic E-state index is 13.3. The quantitative estimate of drug-likeness (QED) is 0.449. The van der Waals surface area contributed by atoms with E-state index >= 15 is 0 Å². The summed E-state index contributed by atoms with van der Waals surface area (Å²) in [6.45, 7) is 4.37. The Morgan fingerprint density at radius 1 is 1.03 bits per heavy atom. The number of rotatable bonds is 6. The summed E-state index contributed by atoms with van der Waals surface area (Å²) in [5, 5.41) is 0.400. The summed E-state index contributed by atoms with van der Waals surface area (Å²) in [5.74, 6) is -1.32. The molecule has 1 atom stereocenters. The van der Waals surface area contributed by atoms with Crippen LogP contribution in [0.1, 0.15) is 39.9 Å². The van der Waals surface area contributed by atoms with Gasteiger partial charge in [-0.15, -0.1) is 0 Å². The molecule has 2 saturated heterocycles. The lowest BCUT2D eigenvalue weighted by Gasteiger charge is -2.41. The van der Waals surface area contributed by atoms with Gasteiger partial charge in [0.1, 0.15) is 26.2 Å². The first-order valence-electron chi connectivity index (χ1n) is 11.9. The van der Waals surface area contributed by atoms with E-state index in [1.54, 1.807) is 6.07 Å². The third-order valence-electron chi connectivity index (χ3n) is 6.87. The van der Waals surface area contributed by atoms with E-state index in [1.165, 1.54) is 11.6 Å². The minimum absolute atomic E-state index is 0.0830. The van der Waals surface area contributed by atoms with Gasteiger partial charge < -0.3 is 14.4 Å². The fourth-order valence-electron chi connectivity index (χ4n) is 4.99. The van der Waals surface area contributed by atoms with E-state index in [2.05, 4.69) is 22.3 Å². The molecule has 2 aromatic carbocycles. The molecule has 0 saturated carbocycles. The normalized spacial score (nSPS) is 21.8. The largest absolute Gasteiger partial charge is 0.489 e. The Hall–Kier alpha value is -3.04. The van der Waals surface area contributed by atoms with Crippen LogP contribution in [-0.4, -0.2) is 83.4 Å². The van der Waals surface area contributed by atoms with E-state index in [1.807, 2.05) is 12.1 Å². The van der Waals surface area contributed by atoms with Crippen molar-refractivity contribution in [2.75, 3.05) is 26.3 Å². The number of morpholine rings is 1. The van der Waals surface area contributed by atoms with Crippen molar-refractivity contribution < 1.29 is 23.9 Å². The number of hydrogen-bond donors (Lipinski definition) is 1. The van der Waals surface area contributed by atoms with Gasteiger partial charge in [0.05, 0.1) is 28.9 Å². The zero-order chi connectivity index (χ0) is 25.4. The summed E-state index contributed by atoms with van der Waals surface area (Å²) < 4.78 is 11.5. The van der Waals surface area contributed by atoms with Crippen molar-refractivity contribution in [3.05, 3.63) is 58.7 Å². The molecule has 11 heteroatoms. The second-order valence-corrected chi connectivity index (χ2v) is 9.37. The number of amides is 3. The van der Waals surface area contributed by atoms with Crippen molar-refractivity contribution in [1.82, 2.24) is 15.1 Å². The summed E-state index contributed by atoms with van der Waals surface area (Å²) in [6.07, 6.45) is 0.211. The molecular formula is C25H24B3N3O5. The van der Waals surface area contributed by atoms with Gasteiger partial charge in [-0.3, -0.25) is 24.6 Å². The fourth-order valence-corrected chi connectivity index (χ4v) is 4.99. The van der Waals surface area contributed by atoms with E-state index in [-0.39, 0.29) is 41.8 Å². The number of nitrogens with one attached hydrogen (secondary N) is 1. The molecule has 2 fully saturated rings. The number of ether oxygens (including phenoxy) is 2. The zero-order valence-corrected chi connectivity index (χ0v) is 19.9. The number of nitrogens with zero attached hydrogens (tertiary/aromatic N) is 2. The van der Waals surface area contributed by atoms with E-state index in [4.69, 9.17) is 33.0 Å². The highest BCUT2D eigenvalue weighted by molar-refractivity contribution is 6.44. The molecule has 0 bridgehead atoms. The number of carbonyl (C=O) groups excluding carboxylic acids is 3. The first-order valence-corrected chi connectivity index (χ1v) is 11.9. The van der Waals surface area contributed by atoms with Crippen LogP contribution in [0.3, 0.4) is 0 Å². The summed E-state index contributed by atoms with van der Waals surface area (Å²) in [6, 6.07) is 10.2. The minimum atomic E-state index is -1.85. The molecule has 3 heterocycles. The topological polar surface area (TPSA) is 88.2 Å². The van der Waals surface area contributed by atoms with E-state index < -0.39 is 29.1 Å². The molecule has 1 N–H and O–H groups in total. The molecule has 0 spiro atoms. The van der Waals surface area contributed by atoms with Crippen molar-refractivity contribution in [1.29, 1.82) is 0 Å². The third-order valence-corrected chi connectivity index (χ3v) is 6.87.